The molecule has 1 unspecified atom stereocenters. The highest BCUT2D eigenvalue weighted by molar-refractivity contribution is 9.10. The maximum Gasteiger partial charge on any atom is 0.244 e. The van der Waals surface area contributed by atoms with E-state index in [2.05, 4.69) is 31.4 Å². The van der Waals surface area contributed by atoms with E-state index in [4.69, 9.17) is 0 Å². The van der Waals surface area contributed by atoms with Crippen molar-refractivity contribution < 1.29 is 4.79 Å². The first-order valence-electron chi connectivity index (χ1n) is 8.20. The lowest BCUT2D eigenvalue weighted by molar-refractivity contribution is -0.117. The van der Waals surface area contributed by atoms with Gasteiger partial charge in [0.1, 0.15) is 0 Å². The number of rotatable bonds is 7. The van der Waals surface area contributed by atoms with E-state index in [1.54, 1.807) is 23.9 Å². The number of pyridine rings is 1. The summed E-state index contributed by atoms with van der Waals surface area (Å²) in [5.74, 6) is 1.52. The number of nitrogens with zero attached hydrogens (tertiary/aromatic N) is 3. The Hall–Kier alpha value is -2.12. The number of hydrogen-bond acceptors (Lipinski definition) is 4. The van der Waals surface area contributed by atoms with Crippen LogP contribution in [0.25, 0.3) is 11.7 Å². The second-order valence-electron chi connectivity index (χ2n) is 5.72. The van der Waals surface area contributed by atoms with E-state index in [1.807, 2.05) is 59.3 Å². The van der Waals surface area contributed by atoms with E-state index in [0.29, 0.717) is 0 Å². The molecule has 0 bridgehead atoms. The minimum atomic E-state index is -0.195. The molecule has 134 valence electrons. The van der Waals surface area contributed by atoms with Crippen LogP contribution in [0, 0.1) is 0 Å². The monoisotopic (exact) mass is 430 g/mol. The van der Waals surface area contributed by atoms with Crippen molar-refractivity contribution in [3.05, 3.63) is 70.6 Å². The minimum Gasteiger partial charge on any atom is -0.342 e. The zero-order chi connectivity index (χ0) is 18.4. The van der Waals surface area contributed by atoms with Gasteiger partial charge in [-0.25, -0.2) is 0 Å². The summed E-state index contributed by atoms with van der Waals surface area (Å²) in [6.45, 7) is 0. The molecule has 1 aromatic carbocycles. The molecule has 1 amide bonds. The van der Waals surface area contributed by atoms with E-state index in [0.717, 1.165) is 33.7 Å². The average Bonchev–Trinajstić information content (AvgIpc) is 3.07. The summed E-state index contributed by atoms with van der Waals surface area (Å²) >= 11 is 5.17. The highest BCUT2D eigenvalue weighted by Crippen LogP contribution is 2.18. The first kappa shape index (κ1) is 18.7. The number of fused-ring (bicyclic) bond motifs is 1. The summed E-state index contributed by atoms with van der Waals surface area (Å²) in [4.78, 5) is 12.4. The van der Waals surface area contributed by atoms with Gasteiger partial charge in [-0.3, -0.25) is 9.20 Å². The molecule has 2 heterocycles. The van der Waals surface area contributed by atoms with Crippen molar-refractivity contribution in [1.82, 2.24) is 19.9 Å². The number of nitrogens with one attached hydrogen (secondary N) is 1. The fourth-order valence-electron chi connectivity index (χ4n) is 2.60. The molecule has 0 saturated heterocycles. The lowest BCUT2D eigenvalue weighted by atomic mass is 10.2. The number of amides is 1. The van der Waals surface area contributed by atoms with E-state index < -0.39 is 0 Å². The predicted octanol–water partition coefficient (Wildman–Crippen LogP) is 4.12. The molecular weight excluding hydrogens is 412 g/mol. The summed E-state index contributed by atoms with van der Waals surface area (Å²) in [6, 6.07) is 13.4. The summed E-state index contributed by atoms with van der Waals surface area (Å²) in [6.07, 6.45) is 8.10. The Morgan fingerprint density at radius 3 is 3.00 bits per heavy atom. The third-order valence-electron chi connectivity index (χ3n) is 3.85. The van der Waals surface area contributed by atoms with E-state index >= 15 is 0 Å². The number of halogens is 1. The van der Waals surface area contributed by atoms with Gasteiger partial charge in [0.2, 0.25) is 5.91 Å². The quantitative estimate of drug-likeness (QED) is 0.572. The van der Waals surface area contributed by atoms with Crippen molar-refractivity contribution in [1.29, 1.82) is 0 Å². The van der Waals surface area contributed by atoms with Gasteiger partial charge in [-0.2, -0.15) is 11.8 Å². The van der Waals surface area contributed by atoms with Crippen molar-refractivity contribution in [2.24, 2.45) is 0 Å². The molecule has 26 heavy (non-hydrogen) atoms. The van der Waals surface area contributed by atoms with Gasteiger partial charge in [0, 0.05) is 16.7 Å². The summed E-state index contributed by atoms with van der Waals surface area (Å²) < 4.78 is 2.90. The zero-order valence-corrected chi connectivity index (χ0v) is 16.7. The summed E-state index contributed by atoms with van der Waals surface area (Å²) in [5, 5.41) is 11.5. The first-order valence-corrected chi connectivity index (χ1v) is 10.4. The van der Waals surface area contributed by atoms with Gasteiger partial charge in [0.25, 0.3) is 0 Å². The molecule has 0 aliphatic carbocycles. The SMILES string of the molecule is CSCCC(NC(=O)/C=C/c1cccc(Br)c1)c1nnc2ccccn12. The fraction of sp³-hybridized carbons (Fsp3) is 0.211. The van der Waals surface area contributed by atoms with E-state index in [1.165, 1.54) is 0 Å². The Bertz CT molecular complexity index is 925. The van der Waals surface area contributed by atoms with E-state index in [9.17, 15) is 4.79 Å². The number of aromatic nitrogens is 3. The van der Waals surface area contributed by atoms with Gasteiger partial charge < -0.3 is 5.32 Å². The zero-order valence-electron chi connectivity index (χ0n) is 14.3. The van der Waals surface area contributed by atoms with Gasteiger partial charge in [0.05, 0.1) is 6.04 Å². The number of hydrogen-bond donors (Lipinski definition) is 1. The second kappa shape index (κ2) is 9.00. The van der Waals surface area contributed by atoms with Crippen LogP contribution in [0.5, 0.6) is 0 Å². The molecule has 0 spiro atoms. The molecule has 1 atom stereocenters. The minimum absolute atomic E-state index is 0.149. The number of benzene rings is 1. The van der Waals surface area contributed by atoms with E-state index in [-0.39, 0.29) is 11.9 Å². The first-order chi connectivity index (χ1) is 12.7. The number of carbonyl (C=O) groups excluding carboxylic acids is 1. The van der Waals surface area contributed by atoms with Crippen molar-refractivity contribution >= 4 is 45.3 Å². The van der Waals surface area contributed by atoms with Crippen molar-refractivity contribution in [3.63, 3.8) is 0 Å². The van der Waals surface area contributed by atoms with Crippen LogP contribution in [0.2, 0.25) is 0 Å². The van der Waals surface area contributed by atoms with Crippen LogP contribution < -0.4 is 5.32 Å². The Kier molecular flexibility index (Phi) is 6.46. The number of thioether (sulfide) groups is 1. The molecule has 1 N–H and O–H groups in total. The molecule has 0 aliphatic heterocycles. The predicted molar refractivity (Wildman–Crippen MR) is 110 cm³/mol. The van der Waals surface area contributed by atoms with Crippen LogP contribution in [-0.4, -0.2) is 32.5 Å². The van der Waals surface area contributed by atoms with Gasteiger partial charge in [0.15, 0.2) is 11.5 Å². The van der Waals surface area contributed by atoms with Gasteiger partial charge in [-0.1, -0.05) is 34.1 Å². The topological polar surface area (TPSA) is 59.3 Å². The average molecular weight is 431 g/mol. The normalized spacial score (nSPS) is 12.5. The molecule has 0 radical (unpaired) electrons. The molecule has 0 saturated carbocycles. The molecule has 3 aromatic rings. The van der Waals surface area contributed by atoms with Crippen LogP contribution in [-0.2, 0) is 4.79 Å². The Morgan fingerprint density at radius 2 is 2.19 bits per heavy atom. The largest absolute Gasteiger partial charge is 0.342 e. The fourth-order valence-corrected chi connectivity index (χ4v) is 3.49. The molecule has 0 fully saturated rings. The van der Waals surface area contributed by atoms with Crippen LogP contribution in [0.4, 0.5) is 0 Å². The molecule has 0 aliphatic rings. The van der Waals surface area contributed by atoms with Crippen LogP contribution in [0.3, 0.4) is 0 Å². The maximum absolute atomic E-state index is 12.4. The van der Waals surface area contributed by atoms with Crippen molar-refractivity contribution in [3.8, 4) is 0 Å². The lowest BCUT2D eigenvalue weighted by Gasteiger charge is -2.16. The van der Waals surface area contributed by atoms with Gasteiger partial charge in [-0.15, -0.1) is 10.2 Å². The highest BCUT2D eigenvalue weighted by Gasteiger charge is 2.19. The molecule has 5 nitrogen and oxygen atoms in total. The van der Waals surface area contributed by atoms with Gasteiger partial charge in [-0.05, 0) is 54.3 Å². The molecule has 3 rings (SSSR count). The molecular formula is C19H19BrN4OS. The van der Waals surface area contributed by atoms with Crippen LogP contribution in [0.15, 0.2) is 59.2 Å². The van der Waals surface area contributed by atoms with Crippen molar-refractivity contribution in [2.45, 2.75) is 12.5 Å². The summed E-state index contributed by atoms with van der Waals surface area (Å²) in [7, 11) is 0. The van der Waals surface area contributed by atoms with Crippen molar-refractivity contribution in [2.75, 3.05) is 12.0 Å². The standard InChI is InChI=1S/C19H19BrN4OS/c1-26-12-10-16(19-23-22-17-7-2-3-11-24(17)19)21-18(25)9-8-14-5-4-6-15(20)13-14/h2-9,11,13,16H,10,12H2,1H3,(H,21,25)/b9-8+. The Balaban J connectivity index is 1.77. The third-order valence-corrected chi connectivity index (χ3v) is 4.99. The number of carbonyl (C=O) groups is 1. The second-order valence-corrected chi connectivity index (χ2v) is 7.62. The Morgan fingerprint density at radius 1 is 1.31 bits per heavy atom. The maximum atomic E-state index is 12.4. The molecule has 2 aromatic heterocycles. The van der Waals surface area contributed by atoms with Crippen LogP contribution in [0.1, 0.15) is 23.9 Å². The van der Waals surface area contributed by atoms with Gasteiger partial charge >= 0.3 is 0 Å². The molecule has 7 heteroatoms. The lowest BCUT2D eigenvalue weighted by Crippen LogP contribution is -2.29. The third kappa shape index (κ3) is 4.74. The summed E-state index contributed by atoms with van der Waals surface area (Å²) in [5.41, 5.74) is 1.73. The smallest absolute Gasteiger partial charge is 0.244 e. The van der Waals surface area contributed by atoms with Crippen LogP contribution >= 0.6 is 27.7 Å². The Labute approximate surface area is 165 Å². The highest BCUT2D eigenvalue weighted by atomic mass is 79.9.